The molecule has 0 bridgehead atoms. The highest BCUT2D eigenvalue weighted by atomic mass is 79.9. The van der Waals surface area contributed by atoms with E-state index in [1.54, 1.807) is 7.11 Å². The molecule has 6 heteroatoms. The lowest BCUT2D eigenvalue weighted by molar-refractivity contribution is -0.00436. The molecule has 1 unspecified atom stereocenters. The second-order valence-electron chi connectivity index (χ2n) is 4.50. The fourth-order valence-electron chi connectivity index (χ4n) is 1.61. The van der Waals surface area contributed by atoms with Crippen LogP contribution in [0.1, 0.15) is 18.5 Å². The molecule has 0 aliphatic rings. The molecule has 2 atom stereocenters. The van der Waals surface area contributed by atoms with E-state index in [1.165, 1.54) is 0 Å². The van der Waals surface area contributed by atoms with Crippen LogP contribution in [-0.4, -0.2) is 44.7 Å². The molecule has 0 amide bonds. The quantitative estimate of drug-likeness (QED) is 0.667. The number of halogens is 1. The summed E-state index contributed by atoms with van der Waals surface area (Å²) in [7, 11) is 1.60. The van der Waals surface area contributed by atoms with Crippen LogP contribution in [0.5, 0.6) is 5.75 Å². The van der Waals surface area contributed by atoms with E-state index < -0.39 is 6.10 Å². The van der Waals surface area contributed by atoms with Gasteiger partial charge in [0.2, 0.25) is 0 Å². The molecule has 1 aromatic carbocycles. The van der Waals surface area contributed by atoms with Gasteiger partial charge in [0.25, 0.3) is 0 Å². The van der Waals surface area contributed by atoms with Gasteiger partial charge < -0.3 is 25.1 Å². The second kappa shape index (κ2) is 9.31. The minimum absolute atomic E-state index is 0.131. The van der Waals surface area contributed by atoms with Crippen LogP contribution in [0.2, 0.25) is 0 Å². The maximum Gasteiger partial charge on any atom is 0.125 e. The number of hydrogen-bond donors (Lipinski definition) is 2. The smallest absolute Gasteiger partial charge is 0.125 e. The zero-order chi connectivity index (χ0) is 15.0. The molecule has 0 fully saturated rings. The maximum absolute atomic E-state index is 9.77. The lowest BCUT2D eigenvalue weighted by atomic mass is 10.1. The molecule has 5 nitrogen and oxygen atoms in total. The summed E-state index contributed by atoms with van der Waals surface area (Å²) in [5, 5.41) is 9.77. The molecule has 3 N–H and O–H groups in total. The predicted molar refractivity (Wildman–Crippen MR) is 80.9 cm³/mol. The van der Waals surface area contributed by atoms with Crippen LogP contribution in [0, 0.1) is 0 Å². The molecule has 20 heavy (non-hydrogen) atoms. The van der Waals surface area contributed by atoms with Crippen molar-refractivity contribution in [3.05, 3.63) is 28.2 Å². The molecule has 0 saturated heterocycles. The van der Waals surface area contributed by atoms with Crippen molar-refractivity contribution in [1.29, 1.82) is 0 Å². The van der Waals surface area contributed by atoms with Gasteiger partial charge in [-0.1, -0.05) is 22.0 Å². The molecule has 0 heterocycles. The van der Waals surface area contributed by atoms with E-state index in [-0.39, 0.29) is 19.3 Å². The van der Waals surface area contributed by atoms with Gasteiger partial charge in [-0.25, -0.2) is 0 Å². The summed E-state index contributed by atoms with van der Waals surface area (Å²) in [6.07, 6.45) is -0.688. The Morgan fingerprint density at radius 2 is 2.05 bits per heavy atom. The normalized spacial score (nSPS) is 14.1. The number of ether oxygens (including phenoxy) is 3. The summed E-state index contributed by atoms with van der Waals surface area (Å²) in [6, 6.07) is 5.53. The molecule has 1 rings (SSSR count). The van der Waals surface area contributed by atoms with Gasteiger partial charge in [-0.05, 0) is 19.1 Å². The number of methoxy groups -OCH3 is 1. The van der Waals surface area contributed by atoms with Crippen molar-refractivity contribution >= 4 is 15.9 Å². The molecule has 1 aromatic rings. The second-order valence-corrected chi connectivity index (χ2v) is 5.42. The van der Waals surface area contributed by atoms with Crippen molar-refractivity contribution in [2.75, 3.05) is 33.5 Å². The number of aliphatic hydroxyl groups is 1. The van der Waals surface area contributed by atoms with E-state index in [0.29, 0.717) is 19.0 Å². The van der Waals surface area contributed by atoms with Gasteiger partial charge in [0, 0.05) is 23.2 Å². The first-order chi connectivity index (χ1) is 9.54. The number of nitrogens with two attached hydrogens (primary N) is 1. The van der Waals surface area contributed by atoms with E-state index in [9.17, 15) is 5.11 Å². The van der Waals surface area contributed by atoms with E-state index in [2.05, 4.69) is 15.9 Å². The SMILES string of the molecule is COCCOCC(O)COc1cc(Br)ccc1[C@@H](C)N. The summed E-state index contributed by atoms with van der Waals surface area (Å²) in [5.74, 6) is 0.672. The molecular formula is C14H22BrNO4. The van der Waals surface area contributed by atoms with Crippen LogP contribution >= 0.6 is 15.9 Å². The third-order valence-corrected chi connectivity index (χ3v) is 3.13. The number of benzene rings is 1. The molecule has 0 saturated carbocycles. The molecule has 0 spiro atoms. The molecule has 0 radical (unpaired) electrons. The zero-order valence-corrected chi connectivity index (χ0v) is 13.4. The average molecular weight is 348 g/mol. The van der Waals surface area contributed by atoms with Crippen LogP contribution in [-0.2, 0) is 9.47 Å². The summed E-state index contributed by atoms with van der Waals surface area (Å²) in [4.78, 5) is 0. The maximum atomic E-state index is 9.77. The molecule has 0 aromatic heterocycles. The van der Waals surface area contributed by atoms with Crippen molar-refractivity contribution in [3.8, 4) is 5.75 Å². The highest BCUT2D eigenvalue weighted by Gasteiger charge is 2.11. The van der Waals surface area contributed by atoms with Gasteiger partial charge in [0.15, 0.2) is 0 Å². The zero-order valence-electron chi connectivity index (χ0n) is 11.8. The molecular weight excluding hydrogens is 326 g/mol. The fraction of sp³-hybridized carbons (Fsp3) is 0.571. The molecule has 0 aliphatic carbocycles. The Kier molecular flexibility index (Phi) is 8.09. The lowest BCUT2D eigenvalue weighted by Crippen LogP contribution is -2.25. The van der Waals surface area contributed by atoms with E-state index in [1.807, 2.05) is 25.1 Å². The van der Waals surface area contributed by atoms with E-state index in [4.69, 9.17) is 19.9 Å². The first kappa shape index (κ1) is 17.4. The van der Waals surface area contributed by atoms with Gasteiger partial charge in [0.05, 0.1) is 19.8 Å². The van der Waals surface area contributed by atoms with Crippen LogP contribution < -0.4 is 10.5 Å². The number of hydrogen-bond acceptors (Lipinski definition) is 5. The Labute approximate surface area is 128 Å². The monoisotopic (exact) mass is 347 g/mol. The first-order valence-electron chi connectivity index (χ1n) is 6.47. The Balaban J connectivity index is 2.46. The van der Waals surface area contributed by atoms with E-state index >= 15 is 0 Å². The standard InChI is InChI=1S/C14H22BrNO4/c1-10(16)13-4-3-11(15)7-14(13)20-9-12(17)8-19-6-5-18-2/h3-4,7,10,12,17H,5-6,8-9,16H2,1-2H3/t10-,12?/m1/s1. The molecule has 0 aliphatic heterocycles. The van der Waals surface area contributed by atoms with Gasteiger partial charge in [-0.15, -0.1) is 0 Å². The Bertz CT molecular complexity index is 401. The first-order valence-corrected chi connectivity index (χ1v) is 7.26. The van der Waals surface area contributed by atoms with Crippen molar-refractivity contribution in [2.24, 2.45) is 5.73 Å². The Morgan fingerprint density at radius 3 is 2.70 bits per heavy atom. The van der Waals surface area contributed by atoms with Gasteiger partial charge >= 0.3 is 0 Å². The number of rotatable bonds is 9. The fourth-order valence-corrected chi connectivity index (χ4v) is 1.95. The van der Waals surface area contributed by atoms with Gasteiger partial charge in [-0.3, -0.25) is 0 Å². The third kappa shape index (κ3) is 6.19. The Morgan fingerprint density at radius 1 is 1.30 bits per heavy atom. The van der Waals surface area contributed by atoms with Crippen molar-refractivity contribution in [3.63, 3.8) is 0 Å². The van der Waals surface area contributed by atoms with Crippen molar-refractivity contribution < 1.29 is 19.3 Å². The minimum atomic E-state index is -0.688. The van der Waals surface area contributed by atoms with Crippen LogP contribution in [0.3, 0.4) is 0 Å². The van der Waals surface area contributed by atoms with Gasteiger partial charge in [-0.2, -0.15) is 0 Å². The third-order valence-electron chi connectivity index (χ3n) is 2.64. The molecule has 114 valence electrons. The highest BCUT2D eigenvalue weighted by molar-refractivity contribution is 9.10. The minimum Gasteiger partial charge on any atom is -0.490 e. The van der Waals surface area contributed by atoms with Crippen molar-refractivity contribution in [2.45, 2.75) is 19.1 Å². The predicted octanol–water partition coefficient (Wildman–Crippen LogP) is 1.87. The topological polar surface area (TPSA) is 73.9 Å². The van der Waals surface area contributed by atoms with Gasteiger partial charge in [0.1, 0.15) is 18.5 Å². The Hall–Kier alpha value is -0.660. The van der Waals surface area contributed by atoms with Crippen LogP contribution in [0.4, 0.5) is 0 Å². The lowest BCUT2D eigenvalue weighted by Gasteiger charge is -2.17. The number of aliphatic hydroxyl groups excluding tert-OH is 1. The van der Waals surface area contributed by atoms with Crippen LogP contribution in [0.15, 0.2) is 22.7 Å². The average Bonchev–Trinajstić information content (AvgIpc) is 2.41. The summed E-state index contributed by atoms with van der Waals surface area (Å²) in [6.45, 7) is 3.22. The highest BCUT2D eigenvalue weighted by Crippen LogP contribution is 2.27. The summed E-state index contributed by atoms with van der Waals surface area (Å²) in [5.41, 5.74) is 6.79. The van der Waals surface area contributed by atoms with Crippen LogP contribution in [0.25, 0.3) is 0 Å². The van der Waals surface area contributed by atoms with Crippen molar-refractivity contribution in [1.82, 2.24) is 0 Å². The summed E-state index contributed by atoms with van der Waals surface area (Å²) >= 11 is 3.39. The van der Waals surface area contributed by atoms with E-state index in [0.717, 1.165) is 10.0 Å². The largest absolute Gasteiger partial charge is 0.490 e. The summed E-state index contributed by atoms with van der Waals surface area (Å²) < 4.78 is 16.6.